The van der Waals surface area contributed by atoms with Crippen LogP contribution in [-0.4, -0.2) is 104 Å². The fraction of sp³-hybridized carbons (Fsp3) is 0.769. The minimum Gasteiger partial charge on any atom is -0.393 e. The van der Waals surface area contributed by atoms with Crippen LogP contribution in [0, 0.1) is 72.0 Å². The molecule has 6 unspecified atom stereocenters. The quantitative estimate of drug-likeness (QED) is 0.0754. The second-order valence-corrected chi connectivity index (χ2v) is 31.1. The van der Waals surface area contributed by atoms with Gasteiger partial charge < -0.3 is 20.0 Å². The fourth-order valence-corrected chi connectivity index (χ4v) is 19.9. The lowest BCUT2D eigenvalue weighted by Gasteiger charge is -2.53. The van der Waals surface area contributed by atoms with Crippen LogP contribution < -0.4 is 0 Å². The number of fused-ring (bicyclic) bond motifs is 10. The molecule has 6 aliphatic carbocycles. The summed E-state index contributed by atoms with van der Waals surface area (Å²) in [5, 5.41) is 21.9. The molecular formula is C78H122N4O6. The Labute approximate surface area is 534 Å². The molecule has 0 radical (unpaired) electrons. The molecule has 2 aromatic rings. The average Bonchev–Trinajstić information content (AvgIpc) is 1.46. The topological polar surface area (TPSA) is 122 Å². The lowest BCUT2D eigenvalue weighted by atomic mass is 9.52. The number of rotatable bonds is 25. The molecule has 10 rings (SSSR count). The molecule has 10 heteroatoms. The molecule has 0 spiro atoms. The van der Waals surface area contributed by atoms with Gasteiger partial charge in [0.2, 0.25) is 11.8 Å². The molecule has 88 heavy (non-hydrogen) atoms. The Hall–Kier alpha value is -4.02. The van der Waals surface area contributed by atoms with E-state index in [1.807, 2.05) is 34.7 Å². The van der Waals surface area contributed by atoms with Crippen molar-refractivity contribution >= 4 is 23.9 Å². The first-order valence-corrected chi connectivity index (χ1v) is 36.6. The number of hydrogen-bond donors (Lipinski definition) is 2. The molecular weight excluding hydrogens is 1090 g/mol. The monoisotopic (exact) mass is 1210 g/mol. The summed E-state index contributed by atoms with van der Waals surface area (Å²) in [7, 11) is 3.61. The third-order valence-corrected chi connectivity index (χ3v) is 25.8. The largest absolute Gasteiger partial charge is 0.393 e. The van der Waals surface area contributed by atoms with Crippen molar-refractivity contribution in [2.45, 2.75) is 310 Å². The second kappa shape index (κ2) is 30.2. The van der Waals surface area contributed by atoms with Gasteiger partial charge in [-0.05, 0) is 238 Å². The second-order valence-electron chi connectivity index (χ2n) is 31.1. The molecule has 490 valence electrons. The number of nitrogens with zero attached hydrogens (tertiary/aromatic N) is 4. The van der Waals surface area contributed by atoms with Crippen LogP contribution in [0.3, 0.4) is 0 Å². The molecule has 8 aliphatic rings. The van der Waals surface area contributed by atoms with Crippen LogP contribution in [0.25, 0.3) is 0 Å². The van der Waals surface area contributed by atoms with Gasteiger partial charge in [0.25, 0.3) is 0 Å². The Morgan fingerprint density at radius 3 is 1.41 bits per heavy atom. The van der Waals surface area contributed by atoms with Crippen LogP contribution in [0.5, 0.6) is 0 Å². The number of benzene rings is 2. The van der Waals surface area contributed by atoms with E-state index in [4.69, 9.17) is 0 Å². The Bertz CT molecular complexity index is 2700. The number of likely N-dealkylation sites (N-methyl/N-ethyl adjacent to an activating group) is 2. The van der Waals surface area contributed by atoms with E-state index in [-0.39, 0.29) is 82.9 Å². The number of unbranched alkanes of at least 4 members (excludes halogenated alkanes) is 10. The number of carbonyl (C=O) groups excluding carboxylic acids is 4. The van der Waals surface area contributed by atoms with Crippen molar-refractivity contribution in [2.24, 2.45) is 58.2 Å². The maximum absolute atomic E-state index is 13.3. The smallest absolute Gasteiger partial charge is 0.327 e. The van der Waals surface area contributed by atoms with Crippen LogP contribution >= 0.6 is 0 Å². The molecule has 2 saturated heterocycles. The van der Waals surface area contributed by atoms with E-state index in [0.29, 0.717) is 35.5 Å². The van der Waals surface area contributed by atoms with Crippen molar-refractivity contribution in [3.8, 4) is 0 Å². The number of aryl methyl sites for hydroxylation is 2. The highest BCUT2D eigenvalue weighted by Crippen LogP contribution is 2.64. The van der Waals surface area contributed by atoms with E-state index in [2.05, 4.69) is 90.1 Å². The summed E-state index contributed by atoms with van der Waals surface area (Å²) in [6.07, 6.45) is 38.6. The standard InChI is InChI=1S/C39H62N2O3.C39H60N2O3/c2*1-7-15-29(37(43)41-28(4)27(3)40(6)38(41)44)16-13-11-9-8-10-12-14-17-30-25-31-24-26(2)18-19-32(31)33-22-23-39(5)34(36(30)33)20-21-35(39)42/h18-19,24,27-30,33-36,42H,7-17,20-23,25H2,1-6H3;12,14,18-19,24,27-30,33-36,42H,7-11,13,15-17,20-23,25H2,1-6H3/t2*27-,28+,29-,30+,33?,34?,35-,36?,39-/m00/s1. The summed E-state index contributed by atoms with van der Waals surface area (Å²) < 4.78 is 0. The number of carbonyl (C=O) groups is 4. The fourth-order valence-electron chi connectivity index (χ4n) is 19.9. The molecule has 6 fully saturated rings. The first-order chi connectivity index (χ1) is 42.2. The summed E-state index contributed by atoms with van der Waals surface area (Å²) in [5.74, 6) is 5.53. The van der Waals surface area contributed by atoms with Crippen LogP contribution in [-0.2, 0) is 22.4 Å². The van der Waals surface area contributed by atoms with Gasteiger partial charge in [0, 0.05) is 25.9 Å². The number of urea groups is 2. The van der Waals surface area contributed by atoms with Gasteiger partial charge in [-0.1, -0.05) is 164 Å². The zero-order valence-corrected chi connectivity index (χ0v) is 57.4. The maximum Gasteiger partial charge on any atom is 0.327 e. The summed E-state index contributed by atoms with van der Waals surface area (Å²) in [4.78, 5) is 58.6. The van der Waals surface area contributed by atoms with Crippen LogP contribution in [0.2, 0.25) is 0 Å². The molecule has 6 amide bonds. The number of allylic oxidation sites excluding steroid dienone is 2. The van der Waals surface area contributed by atoms with Crippen molar-refractivity contribution in [1.29, 1.82) is 0 Å². The van der Waals surface area contributed by atoms with Gasteiger partial charge in [0.05, 0.1) is 36.4 Å². The van der Waals surface area contributed by atoms with E-state index in [1.165, 1.54) is 119 Å². The van der Waals surface area contributed by atoms with Gasteiger partial charge in [-0.25, -0.2) is 9.59 Å². The molecule has 0 bridgehead atoms. The molecule has 2 aromatic carbocycles. The molecule has 2 N–H and O–H groups in total. The lowest BCUT2D eigenvalue weighted by molar-refractivity contribution is -0.134. The van der Waals surface area contributed by atoms with Gasteiger partial charge in [-0.3, -0.25) is 19.4 Å². The van der Waals surface area contributed by atoms with Gasteiger partial charge >= 0.3 is 12.1 Å². The van der Waals surface area contributed by atoms with Crippen molar-refractivity contribution < 1.29 is 29.4 Å². The summed E-state index contributed by atoms with van der Waals surface area (Å²) in [6.45, 7) is 21.6. The third kappa shape index (κ3) is 14.3. The summed E-state index contributed by atoms with van der Waals surface area (Å²) in [5.41, 5.74) is 9.43. The minimum absolute atomic E-state index is 0.0269. The highest BCUT2D eigenvalue weighted by molar-refractivity contribution is 5.98. The Balaban J connectivity index is 0.000000209. The van der Waals surface area contributed by atoms with Gasteiger partial charge in [0.1, 0.15) is 0 Å². The first kappa shape index (κ1) is 68.3. The van der Waals surface area contributed by atoms with Crippen LogP contribution in [0.1, 0.15) is 280 Å². The van der Waals surface area contributed by atoms with Crippen LogP contribution in [0.4, 0.5) is 9.59 Å². The number of aliphatic hydroxyl groups excluding tert-OH is 2. The average molecular weight is 1210 g/mol. The van der Waals surface area contributed by atoms with E-state index in [1.54, 1.807) is 44.0 Å². The summed E-state index contributed by atoms with van der Waals surface area (Å²) >= 11 is 0. The number of aliphatic hydroxyl groups is 2. The Morgan fingerprint density at radius 1 is 0.545 bits per heavy atom. The Kier molecular flexibility index (Phi) is 23.4. The van der Waals surface area contributed by atoms with Gasteiger partial charge in [-0.15, -0.1) is 0 Å². The molecule has 2 heterocycles. The zero-order chi connectivity index (χ0) is 63.2. The molecule has 2 aliphatic heterocycles. The first-order valence-electron chi connectivity index (χ1n) is 36.6. The van der Waals surface area contributed by atoms with E-state index >= 15 is 0 Å². The predicted molar refractivity (Wildman–Crippen MR) is 359 cm³/mol. The molecule has 0 aromatic heterocycles. The highest BCUT2D eigenvalue weighted by Gasteiger charge is 2.58. The zero-order valence-electron chi connectivity index (χ0n) is 57.4. The molecule has 4 saturated carbocycles. The SMILES string of the molecule is CCC[C@@H](CCCCCCC=CC[C@@H]1Cc2cc(C)ccc2C2CC[C@@]3(C)C(CC[C@@H]3O)C21)C(=O)N1C(=O)N(C)[C@@H](C)[C@H]1C.CCC[C@@H](CCCCCCCCC[C@@H]1Cc2cc(C)ccc2C2CC[C@@]3(C)C(CC[C@@H]3O)C21)C(=O)N1C(=O)N(C)[C@@H](C)[C@H]1C. The number of amides is 6. The number of imide groups is 2. The van der Waals surface area contributed by atoms with Crippen molar-refractivity contribution in [1.82, 2.24) is 19.6 Å². The molecule has 10 nitrogen and oxygen atoms in total. The van der Waals surface area contributed by atoms with Crippen molar-refractivity contribution in [3.63, 3.8) is 0 Å². The maximum atomic E-state index is 13.3. The third-order valence-electron chi connectivity index (χ3n) is 25.8. The van der Waals surface area contributed by atoms with E-state index in [9.17, 15) is 29.4 Å². The normalized spacial score (nSPS) is 33.8. The predicted octanol–water partition coefficient (Wildman–Crippen LogP) is 17.8. The Morgan fingerprint density at radius 2 is 0.966 bits per heavy atom. The summed E-state index contributed by atoms with van der Waals surface area (Å²) in [6, 6.07) is 14.2. The minimum atomic E-state index is -0.135. The van der Waals surface area contributed by atoms with Gasteiger partial charge in [0.15, 0.2) is 0 Å². The van der Waals surface area contributed by atoms with Crippen molar-refractivity contribution in [2.75, 3.05) is 14.1 Å². The van der Waals surface area contributed by atoms with E-state index < -0.39 is 0 Å². The van der Waals surface area contributed by atoms with Gasteiger partial charge in [-0.2, -0.15) is 0 Å². The number of hydrogen-bond acceptors (Lipinski definition) is 6. The lowest BCUT2D eigenvalue weighted by Crippen LogP contribution is -2.47. The van der Waals surface area contributed by atoms with E-state index in [0.717, 1.165) is 102 Å². The van der Waals surface area contributed by atoms with Crippen molar-refractivity contribution in [3.05, 3.63) is 81.9 Å². The molecule has 18 atom stereocenters. The highest BCUT2D eigenvalue weighted by atomic mass is 16.3. The van der Waals surface area contributed by atoms with Crippen LogP contribution in [0.15, 0.2) is 48.6 Å².